The van der Waals surface area contributed by atoms with Crippen LogP contribution in [0, 0.1) is 5.92 Å². The third kappa shape index (κ3) is 21.7. The molecule has 0 rings (SSSR count). The van der Waals surface area contributed by atoms with E-state index in [1.165, 1.54) is 122 Å². The van der Waals surface area contributed by atoms with E-state index in [1.54, 1.807) is 6.92 Å². The fourth-order valence-corrected chi connectivity index (χ4v) is 4.13. The molecule has 29 heavy (non-hydrogen) atoms. The zero-order valence-corrected chi connectivity index (χ0v) is 20.2. The average Bonchev–Trinajstić information content (AvgIpc) is 2.69. The lowest BCUT2D eigenvalue weighted by Crippen LogP contribution is -1.99. The van der Waals surface area contributed by atoms with Gasteiger partial charge in [0.2, 0.25) is 0 Å². The van der Waals surface area contributed by atoms with Crippen LogP contribution in [0.15, 0.2) is 11.6 Å². The van der Waals surface area contributed by atoms with Gasteiger partial charge in [-0.05, 0) is 19.3 Å². The third-order valence-corrected chi connectivity index (χ3v) is 6.13. The van der Waals surface area contributed by atoms with E-state index in [2.05, 4.69) is 13.8 Å². The van der Waals surface area contributed by atoms with Crippen LogP contribution < -0.4 is 0 Å². The van der Waals surface area contributed by atoms with Crippen LogP contribution in [0.25, 0.3) is 0 Å². The van der Waals surface area contributed by atoms with Crippen molar-refractivity contribution >= 4 is 5.97 Å². The van der Waals surface area contributed by atoms with Gasteiger partial charge in [0.15, 0.2) is 0 Å². The first-order valence-electron chi connectivity index (χ1n) is 13.0. The second-order valence-corrected chi connectivity index (χ2v) is 9.28. The van der Waals surface area contributed by atoms with Gasteiger partial charge in [0.25, 0.3) is 0 Å². The molecule has 0 saturated carbocycles. The number of hydrogen-bond donors (Lipinski definition) is 1. The molecule has 0 aliphatic rings. The SMILES string of the molecule is CCCCCCCCCCCCCCCCCCCCCC(C)C=C(C)C(=O)O. The molecule has 0 saturated heterocycles. The van der Waals surface area contributed by atoms with E-state index in [0.717, 1.165) is 6.42 Å². The number of carboxylic acid groups (broad SMARTS) is 1. The summed E-state index contributed by atoms with van der Waals surface area (Å²) in [6.45, 7) is 6.10. The first kappa shape index (κ1) is 28.2. The zero-order valence-electron chi connectivity index (χ0n) is 20.2. The molecule has 0 aliphatic heterocycles. The Kier molecular flexibility index (Phi) is 21.3. The minimum absolute atomic E-state index is 0.386. The summed E-state index contributed by atoms with van der Waals surface area (Å²) in [5.74, 6) is -0.401. The quantitative estimate of drug-likeness (QED) is 0.143. The third-order valence-electron chi connectivity index (χ3n) is 6.13. The van der Waals surface area contributed by atoms with Gasteiger partial charge in [-0.15, -0.1) is 0 Å². The molecule has 0 heterocycles. The average molecular weight is 409 g/mol. The largest absolute Gasteiger partial charge is 0.478 e. The second kappa shape index (κ2) is 21.9. The van der Waals surface area contributed by atoms with Crippen molar-refractivity contribution in [1.82, 2.24) is 0 Å². The summed E-state index contributed by atoms with van der Waals surface area (Å²) >= 11 is 0. The minimum atomic E-state index is -0.787. The van der Waals surface area contributed by atoms with E-state index in [4.69, 9.17) is 5.11 Å². The highest BCUT2D eigenvalue weighted by molar-refractivity contribution is 5.85. The molecule has 172 valence electrons. The van der Waals surface area contributed by atoms with Crippen molar-refractivity contribution in [2.45, 2.75) is 149 Å². The van der Waals surface area contributed by atoms with E-state index in [0.29, 0.717) is 11.5 Å². The monoisotopic (exact) mass is 408 g/mol. The summed E-state index contributed by atoms with van der Waals surface area (Å²) in [5.41, 5.74) is 0.482. The Balaban J connectivity index is 3.19. The number of carboxylic acids is 1. The van der Waals surface area contributed by atoms with Crippen LogP contribution in [-0.4, -0.2) is 11.1 Å². The maximum Gasteiger partial charge on any atom is 0.330 e. The maximum absolute atomic E-state index is 10.8. The van der Waals surface area contributed by atoms with Gasteiger partial charge >= 0.3 is 5.97 Å². The van der Waals surface area contributed by atoms with Gasteiger partial charge in [-0.1, -0.05) is 142 Å². The van der Waals surface area contributed by atoms with Crippen LogP contribution in [0.5, 0.6) is 0 Å². The van der Waals surface area contributed by atoms with Crippen LogP contribution in [0.4, 0.5) is 0 Å². The van der Waals surface area contributed by atoms with Gasteiger partial charge in [-0.3, -0.25) is 0 Å². The van der Waals surface area contributed by atoms with Crippen LogP contribution in [0.3, 0.4) is 0 Å². The summed E-state index contributed by atoms with van der Waals surface area (Å²) < 4.78 is 0. The minimum Gasteiger partial charge on any atom is -0.478 e. The first-order chi connectivity index (χ1) is 14.1. The summed E-state index contributed by atoms with van der Waals surface area (Å²) in [5, 5.41) is 8.90. The fourth-order valence-electron chi connectivity index (χ4n) is 4.13. The highest BCUT2D eigenvalue weighted by atomic mass is 16.4. The molecule has 0 fully saturated rings. The van der Waals surface area contributed by atoms with Crippen molar-refractivity contribution < 1.29 is 9.90 Å². The zero-order chi connectivity index (χ0) is 21.6. The Bertz CT molecular complexity index is 386. The van der Waals surface area contributed by atoms with E-state index < -0.39 is 5.97 Å². The highest BCUT2D eigenvalue weighted by Gasteiger charge is 2.04. The Hall–Kier alpha value is -0.790. The van der Waals surface area contributed by atoms with Crippen LogP contribution in [0.1, 0.15) is 149 Å². The standard InChI is InChI=1S/C27H52O2/c1-4-5-6-7-8-9-10-11-12-13-14-15-16-17-18-19-20-21-22-23-25(2)24-26(3)27(28)29/h24-25H,4-23H2,1-3H3,(H,28,29). The molecule has 2 heteroatoms. The lowest BCUT2D eigenvalue weighted by molar-refractivity contribution is -0.132. The molecule has 2 nitrogen and oxygen atoms in total. The maximum atomic E-state index is 10.8. The molecule has 0 aliphatic carbocycles. The van der Waals surface area contributed by atoms with E-state index in [9.17, 15) is 4.79 Å². The van der Waals surface area contributed by atoms with Gasteiger partial charge in [-0.2, -0.15) is 0 Å². The number of unbranched alkanes of at least 4 members (excludes halogenated alkanes) is 18. The molecule has 0 aromatic heterocycles. The second-order valence-electron chi connectivity index (χ2n) is 9.28. The van der Waals surface area contributed by atoms with E-state index in [1.807, 2.05) is 6.08 Å². The molecule has 1 unspecified atom stereocenters. The summed E-state index contributed by atoms with van der Waals surface area (Å²) in [6.07, 6.45) is 29.8. The Morgan fingerprint density at radius 1 is 0.655 bits per heavy atom. The molecule has 0 spiro atoms. The lowest BCUT2D eigenvalue weighted by Gasteiger charge is -2.07. The van der Waals surface area contributed by atoms with E-state index >= 15 is 0 Å². The smallest absolute Gasteiger partial charge is 0.330 e. The van der Waals surface area contributed by atoms with Crippen LogP contribution in [0.2, 0.25) is 0 Å². The fraction of sp³-hybridized carbons (Fsp3) is 0.889. The topological polar surface area (TPSA) is 37.3 Å². The lowest BCUT2D eigenvalue weighted by atomic mass is 9.99. The predicted octanol–water partition coefficient (Wildman–Crippen LogP) is 9.48. The molecule has 0 aromatic carbocycles. The summed E-state index contributed by atoms with van der Waals surface area (Å²) in [7, 11) is 0. The van der Waals surface area contributed by atoms with Crippen molar-refractivity contribution in [2.75, 3.05) is 0 Å². The molecule has 0 aromatic rings. The van der Waals surface area contributed by atoms with Gasteiger partial charge in [0, 0.05) is 5.57 Å². The number of aliphatic carboxylic acids is 1. The normalized spacial score (nSPS) is 13.0. The van der Waals surface area contributed by atoms with Crippen molar-refractivity contribution in [3.8, 4) is 0 Å². The molecule has 1 N–H and O–H groups in total. The number of allylic oxidation sites excluding steroid dienone is 1. The number of carbonyl (C=O) groups is 1. The molecule has 0 radical (unpaired) electrons. The Labute approximate surface area is 182 Å². The molecule has 0 amide bonds. The Morgan fingerprint density at radius 2 is 0.966 bits per heavy atom. The van der Waals surface area contributed by atoms with Gasteiger partial charge in [-0.25, -0.2) is 4.79 Å². The van der Waals surface area contributed by atoms with Gasteiger partial charge in [0.1, 0.15) is 0 Å². The van der Waals surface area contributed by atoms with Gasteiger partial charge in [0.05, 0.1) is 0 Å². The van der Waals surface area contributed by atoms with E-state index in [-0.39, 0.29) is 0 Å². The van der Waals surface area contributed by atoms with Gasteiger partial charge < -0.3 is 5.11 Å². The van der Waals surface area contributed by atoms with Crippen molar-refractivity contribution in [3.63, 3.8) is 0 Å². The highest BCUT2D eigenvalue weighted by Crippen LogP contribution is 2.16. The summed E-state index contributed by atoms with van der Waals surface area (Å²) in [4.78, 5) is 10.8. The predicted molar refractivity (Wildman–Crippen MR) is 129 cm³/mol. The summed E-state index contributed by atoms with van der Waals surface area (Å²) in [6, 6.07) is 0. The van der Waals surface area contributed by atoms with Crippen LogP contribution in [-0.2, 0) is 4.79 Å². The molecular formula is C27H52O2. The van der Waals surface area contributed by atoms with Crippen molar-refractivity contribution in [1.29, 1.82) is 0 Å². The van der Waals surface area contributed by atoms with Crippen molar-refractivity contribution in [2.24, 2.45) is 5.92 Å². The number of rotatable bonds is 22. The Morgan fingerprint density at radius 3 is 1.28 bits per heavy atom. The molecular weight excluding hydrogens is 356 g/mol. The van der Waals surface area contributed by atoms with Crippen molar-refractivity contribution in [3.05, 3.63) is 11.6 Å². The molecule has 0 bridgehead atoms. The van der Waals surface area contributed by atoms with Crippen LogP contribution >= 0.6 is 0 Å². The first-order valence-corrected chi connectivity index (χ1v) is 13.0. The number of hydrogen-bond acceptors (Lipinski definition) is 1. The molecule has 1 atom stereocenters.